The number of carbonyl (C=O) groups is 1. The molecular weight excluding hydrogens is 367 g/mol. The van der Waals surface area contributed by atoms with Crippen LogP contribution in [0.3, 0.4) is 0 Å². The van der Waals surface area contributed by atoms with Crippen molar-refractivity contribution in [1.29, 1.82) is 0 Å². The highest BCUT2D eigenvalue weighted by atomic mass is 32.2. The minimum Gasteiger partial charge on any atom is -0.322 e. The van der Waals surface area contributed by atoms with E-state index in [0.29, 0.717) is 0 Å². The molecule has 1 amide bonds. The number of nitrogens with zero attached hydrogens (tertiary/aromatic N) is 1. The molecule has 5 nitrogen and oxygen atoms in total. The Labute approximate surface area is 157 Å². The van der Waals surface area contributed by atoms with Crippen molar-refractivity contribution in [1.82, 2.24) is 4.31 Å². The average Bonchev–Trinajstić information content (AvgIpc) is 2.64. The molecule has 3 aromatic carbocycles. The lowest BCUT2D eigenvalue weighted by Gasteiger charge is -2.17. The van der Waals surface area contributed by atoms with Crippen LogP contribution in [0.4, 0.5) is 10.1 Å². The highest BCUT2D eigenvalue weighted by Gasteiger charge is 2.23. The standard InChI is InChI=1S/C20H19FN2O3S/c1-14-7-10-18(21)19(11-14)22-20(24)13-23(2)27(25,26)17-9-8-15-5-3-4-6-16(15)12-17/h3-12H,13H2,1-2H3,(H,22,24). The first-order chi connectivity index (χ1) is 12.8. The molecule has 0 saturated heterocycles. The molecule has 0 saturated carbocycles. The largest absolute Gasteiger partial charge is 0.322 e. The minimum atomic E-state index is -3.86. The number of sulfonamides is 1. The first kappa shape index (κ1) is 19.0. The monoisotopic (exact) mass is 386 g/mol. The van der Waals surface area contributed by atoms with E-state index in [2.05, 4.69) is 5.32 Å². The van der Waals surface area contributed by atoms with Gasteiger partial charge in [0.15, 0.2) is 0 Å². The van der Waals surface area contributed by atoms with E-state index < -0.39 is 28.3 Å². The van der Waals surface area contributed by atoms with E-state index in [1.54, 1.807) is 25.1 Å². The number of fused-ring (bicyclic) bond motifs is 1. The third-order valence-corrected chi connectivity index (χ3v) is 5.99. The number of likely N-dealkylation sites (N-methyl/N-ethyl adjacent to an activating group) is 1. The smallest absolute Gasteiger partial charge is 0.243 e. The summed E-state index contributed by atoms with van der Waals surface area (Å²) in [5, 5.41) is 4.13. The third kappa shape index (κ3) is 4.15. The zero-order valence-corrected chi connectivity index (χ0v) is 15.8. The highest BCUT2D eigenvalue weighted by Crippen LogP contribution is 2.21. The van der Waals surface area contributed by atoms with Crippen molar-refractivity contribution in [2.75, 3.05) is 18.9 Å². The van der Waals surface area contributed by atoms with Crippen molar-refractivity contribution >= 4 is 32.4 Å². The Morgan fingerprint density at radius 2 is 1.74 bits per heavy atom. The van der Waals surface area contributed by atoms with E-state index in [9.17, 15) is 17.6 Å². The number of benzene rings is 3. The fourth-order valence-electron chi connectivity index (χ4n) is 2.72. The summed E-state index contributed by atoms with van der Waals surface area (Å²) in [6, 6.07) is 16.5. The number of rotatable bonds is 5. The Bertz CT molecular complexity index is 1110. The molecule has 3 aromatic rings. The van der Waals surface area contributed by atoms with Crippen molar-refractivity contribution in [3.63, 3.8) is 0 Å². The van der Waals surface area contributed by atoms with Crippen LogP contribution in [-0.2, 0) is 14.8 Å². The summed E-state index contributed by atoms with van der Waals surface area (Å²) < 4.78 is 40.2. The normalized spacial score (nSPS) is 11.7. The van der Waals surface area contributed by atoms with Crippen LogP contribution in [0.25, 0.3) is 10.8 Å². The Morgan fingerprint density at radius 3 is 2.48 bits per heavy atom. The molecule has 0 radical (unpaired) electrons. The van der Waals surface area contributed by atoms with E-state index in [0.717, 1.165) is 20.6 Å². The maximum absolute atomic E-state index is 13.8. The topological polar surface area (TPSA) is 66.5 Å². The van der Waals surface area contributed by atoms with Gasteiger partial charge in [-0.15, -0.1) is 0 Å². The lowest BCUT2D eigenvalue weighted by molar-refractivity contribution is -0.116. The summed E-state index contributed by atoms with van der Waals surface area (Å²) in [7, 11) is -2.54. The predicted molar refractivity (Wildman–Crippen MR) is 104 cm³/mol. The number of hydrogen-bond donors (Lipinski definition) is 1. The van der Waals surface area contributed by atoms with Gasteiger partial charge in [-0.1, -0.05) is 36.4 Å². The van der Waals surface area contributed by atoms with Crippen molar-refractivity contribution in [2.24, 2.45) is 0 Å². The number of anilines is 1. The summed E-state index contributed by atoms with van der Waals surface area (Å²) in [6.07, 6.45) is 0. The van der Waals surface area contributed by atoms with E-state index >= 15 is 0 Å². The summed E-state index contributed by atoms with van der Waals surface area (Å²) in [4.78, 5) is 12.3. The number of amides is 1. The molecule has 1 N–H and O–H groups in total. The third-order valence-electron chi connectivity index (χ3n) is 4.19. The fraction of sp³-hybridized carbons (Fsp3) is 0.150. The molecule has 140 valence electrons. The van der Waals surface area contributed by atoms with E-state index in [1.165, 1.54) is 25.2 Å². The van der Waals surface area contributed by atoms with Gasteiger partial charge in [-0.05, 0) is 47.5 Å². The van der Waals surface area contributed by atoms with Crippen LogP contribution < -0.4 is 5.32 Å². The van der Waals surface area contributed by atoms with Crippen LogP contribution in [0.1, 0.15) is 5.56 Å². The number of aryl methyl sites for hydroxylation is 1. The average molecular weight is 386 g/mol. The zero-order valence-electron chi connectivity index (χ0n) is 14.9. The van der Waals surface area contributed by atoms with Gasteiger partial charge in [0, 0.05) is 7.05 Å². The second kappa shape index (κ2) is 7.46. The van der Waals surface area contributed by atoms with Crippen LogP contribution >= 0.6 is 0 Å². The number of hydrogen-bond acceptors (Lipinski definition) is 3. The molecular formula is C20H19FN2O3S. The van der Waals surface area contributed by atoms with Gasteiger partial charge in [0.05, 0.1) is 17.1 Å². The fourth-order valence-corrected chi connectivity index (χ4v) is 3.88. The van der Waals surface area contributed by atoms with Crippen LogP contribution in [0.2, 0.25) is 0 Å². The lowest BCUT2D eigenvalue weighted by Crippen LogP contribution is -2.35. The van der Waals surface area contributed by atoms with Gasteiger partial charge < -0.3 is 5.32 Å². The molecule has 0 unspecified atom stereocenters. The van der Waals surface area contributed by atoms with Crippen molar-refractivity contribution in [3.8, 4) is 0 Å². The van der Waals surface area contributed by atoms with E-state index in [4.69, 9.17) is 0 Å². The summed E-state index contributed by atoms with van der Waals surface area (Å²) in [5.74, 6) is -1.19. The number of nitrogens with one attached hydrogen (secondary N) is 1. The lowest BCUT2D eigenvalue weighted by atomic mass is 10.1. The molecule has 7 heteroatoms. The van der Waals surface area contributed by atoms with Gasteiger partial charge in [-0.25, -0.2) is 12.8 Å². The van der Waals surface area contributed by atoms with E-state index in [-0.39, 0.29) is 10.6 Å². The molecule has 0 spiro atoms. The van der Waals surface area contributed by atoms with Crippen molar-refractivity contribution < 1.29 is 17.6 Å². The van der Waals surface area contributed by atoms with Gasteiger partial charge in [0.2, 0.25) is 15.9 Å². The van der Waals surface area contributed by atoms with Gasteiger partial charge in [0.25, 0.3) is 0 Å². The van der Waals surface area contributed by atoms with Crippen LogP contribution in [-0.4, -0.2) is 32.2 Å². The Morgan fingerprint density at radius 1 is 1.04 bits per heavy atom. The SMILES string of the molecule is Cc1ccc(F)c(NC(=O)CN(C)S(=O)(=O)c2ccc3ccccc3c2)c1. The first-order valence-corrected chi connectivity index (χ1v) is 9.72. The molecule has 3 rings (SSSR count). The molecule has 27 heavy (non-hydrogen) atoms. The Balaban J connectivity index is 1.78. The van der Waals surface area contributed by atoms with Gasteiger partial charge in [-0.2, -0.15) is 4.31 Å². The maximum Gasteiger partial charge on any atom is 0.243 e. The zero-order chi connectivity index (χ0) is 19.6. The predicted octanol–water partition coefficient (Wildman–Crippen LogP) is 3.55. The second-order valence-corrected chi connectivity index (χ2v) is 8.35. The highest BCUT2D eigenvalue weighted by molar-refractivity contribution is 7.89. The summed E-state index contributed by atoms with van der Waals surface area (Å²) >= 11 is 0. The summed E-state index contributed by atoms with van der Waals surface area (Å²) in [6.45, 7) is 1.34. The van der Waals surface area contributed by atoms with Crippen molar-refractivity contribution in [2.45, 2.75) is 11.8 Å². The quantitative estimate of drug-likeness (QED) is 0.729. The maximum atomic E-state index is 13.8. The molecule has 0 aliphatic rings. The molecule has 0 bridgehead atoms. The van der Waals surface area contributed by atoms with E-state index in [1.807, 2.05) is 24.3 Å². The molecule has 0 aliphatic carbocycles. The summed E-state index contributed by atoms with van der Waals surface area (Å²) in [5.41, 5.74) is 0.806. The molecule has 0 aliphatic heterocycles. The van der Waals surface area contributed by atoms with Crippen LogP contribution in [0, 0.1) is 12.7 Å². The van der Waals surface area contributed by atoms with Crippen molar-refractivity contribution in [3.05, 3.63) is 72.0 Å². The Kier molecular flexibility index (Phi) is 5.25. The molecule has 0 fully saturated rings. The second-order valence-electron chi connectivity index (χ2n) is 6.30. The molecule has 0 heterocycles. The minimum absolute atomic E-state index is 0.0245. The number of carbonyl (C=O) groups excluding carboxylic acids is 1. The van der Waals surface area contributed by atoms with Gasteiger partial charge >= 0.3 is 0 Å². The Hall–Kier alpha value is -2.77. The first-order valence-electron chi connectivity index (χ1n) is 8.28. The van der Waals surface area contributed by atoms with Crippen LogP contribution in [0.5, 0.6) is 0 Å². The van der Waals surface area contributed by atoms with Crippen LogP contribution in [0.15, 0.2) is 65.6 Å². The molecule has 0 atom stereocenters. The number of halogens is 1. The van der Waals surface area contributed by atoms with Gasteiger partial charge in [-0.3, -0.25) is 4.79 Å². The molecule has 0 aromatic heterocycles. The van der Waals surface area contributed by atoms with Gasteiger partial charge in [0.1, 0.15) is 5.82 Å².